The second-order valence-electron chi connectivity index (χ2n) is 6.13. The van der Waals surface area contributed by atoms with E-state index in [1.54, 1.807) is 0 Å². The molecule has 0 atom stereocenters. The Bertz CT molecular complexity index is 586. The fraction of sp³-hybridized carbons (Fsp3) is 0.429. The van der Waals surface area contributed by atoms with Gasteiger partial charge in [0.15, 0.2) is 0 Å². The van der Waals surface area contributed by atoms with E-state index in [-0.39, 0.29) is 0 Å². The monoisotopic (exact) mass is 345 g/mol. The van der Waals surface area contributed by atoms with E-state index in [0.29, 0.717) is 11.6 Å². The maximum absolute atomic E-state index is 6.34. The highest BCUT2D eigenvalue weighted by atomic mass is 35.5. The number of ether oxygens (including phenoxy) is 1. The summed E-state index contributed by atoms with van der Waals surface area (Å²) in [5.74, 6) is 0.740. The largest absolute Gasteiger partial charge is 0.487 e. The number of hydrogen-bond acceptors (Lipinski definition) is 2. The molecule has 2 aromatic rings. The van der Waals surface area contributed by atoms with E-state index in [1.165, 1.54) is 37.7 Å². The van der Waals surface area contributed by atoms with Crippen LogP contribution in [0.3, 0.4) is 0 Å². The van der Waals surface area contributed by atoms with Crippen LogP contribution in [0.15, 0.2) is 48.5 Å². The minimum absolute atomic E-state index is 0.538. The summed E-state index contributed by atoms with van der Waals surface area (Å²) < 4.78 is 5.81. The van der Waals surface area contributed by atoms with E-state index >= 15 is 0 Å². The number of halogens is 1. The van der Waals surface area contributed by atoms with Gasteiger partial charge in [-0.3, -0.25) is 0 Å². The van der Waals surface area contributed by atoms with E-state index in [9.17, 15) is 0 Å². The maximum Gasteiger partial charge on any atom is 0.138 e. The fourth-order valence-corrected chi connectivity index (χ4v) is 2.85. The molecule has 0 aliphatic rings. The molecular formula is C21H28ClNO. The van der Waals surface area contributed by atoms with Gasteiger partial charge in [0, 0.05) is 6.54 Å². The van der Waals surface area contributed by atoms with Crippen LogP contribution >= 0.6 is 11.6 Å². The van der Waals surface area contributed by atoms with E-state index < -0.39 is 0 Å². The van der Waals surface area contributed by atoms with E-state index in [2.05, 4.69) is 18.3 Å². The van der Waals surface area contributed by atoms with Crippen molar-refractivity contribution < 1.29 is 4.74 Å². The van der Waals surface area contributed by atoms with Crippen molar-refractivity contribution in [2.24, 2.45) is 0 Å². The van der Waals surface area contributed by atoms with Crippen molar-refractivity contribution in [3.8, 4) is 5.75 Å². The Balaban J connectivity index is 1.71. The molecule has 0 spiro atoms. The molecular weight excluding hydrogens is 318 g/mol. The van der Waals surface area contributed by atoms with Crippen molar-refractivity contribution in [2.75, 3.05) is 6.54 Å². The Morgan fingerprint density at radius 1 is 0.917 bits per heavy atom. The van der Waals surface area contributed by atoms with E-state index in [1.807, 2.05) is 42.5 Å². The van der Waals surface area contributed by atoms with Crippen LogP contribution in [0, 0.1) is 0 Å². The molecule has 2 rings (SSSR count). The predicted octanol–water partition coefficient (Wildman–Crippen LogP) is 5.98. The number of hydrogen-bond donors (Lipinski definition) is 1. The molecule has 1 N–H and O–H groups in total. The van der Waals surface area contributed by atoms with Crippen LogP contribution in [0.1, 0.15) is 50.2 Å². The van der Waals surface area contributed by atoms with Crippen molar-refractivity contribution in [2.45, 2.75) is 52.2 Å². The standard InChI is InChI=1S/C21H28ClNO/c1-2-3-4-5-9-14-23-16-19-12-13-21(20(22)15-19)24-17-18-10-7-6-8-11-18/h6-8,10-13,15,23H,2-5,9,14,16-17H2,1H3. The number of rotatable bonds is 11. The number of benzene rings is 2. The van der Waals surface area contributed by atoms with Crippen molar-refractivity contribution in [3.63, 3.8) is 0 Å². The SMILES string of the molecule is CCCCCCCNCc1ccc(OCc2ccccc2)c(Cl)c1. The number of nitrogens with one attached hydrogen (secondary N) is 1. The molecule has 0 bridgehead atoms. The summed E-state index contributed by atoms with van der Waals surface area (Å²) in [5, 5.41) is 4.16. The summed E-state index contributed by atoms with van der Waals surface area (Å²) in [6.07, 6.45) is 6.54. The third-order valence-electron chi connectivity index (χ3n) is 4.02. The summed E-state index contributed by atoms with van der Waals surface area (Å²) in [6.45, 7) is 4.70. The van der Waals surface area contributed by atoms with Gasteiger partial charge in [-0.2, -0.15) is 0 Å². The third kappa shape index (κ3) is 6.94. The first kappa shape index (κ1) is 18.8. The van der Waals surface area contributed by atoms with Gasteiger partial charge in [-0.15, -0.1) is 0 Å². The lowest BCUT2D eigenvalue weighted by Gasteiger charge is -2.10. The molecule has 24 heavy (non-hydrogen) atoms. The smallest absolute Gasteiger partial charge is 0.138 e. The van der Waals surface area contributed by atoms with E-state index in [0.717, 1.165) is 24.4 Å². The Morgan fingerprint density at radius 3 is 2.46 bits per heavy atom. The van der Waals surface area contributed by atoms with Gasteiger partial charge >= 0.3 is 0 Å². The first-order valence-electron chi connectivity index (χ1n) is 8.95. The van der Waals surface area contributed by atoms with Crippen molar-refractivity contribution >= 4 is 11.6 Å². The summed E-state index contributed by atoms with van der Waals surface area (Å²) in [4.78, 5) is 0. The Morgan fingerprint density at radius 2 is 1.71 bits per heavy atom. The lowest BCUT2D eigenvalue weighted by atomic mass is 10.1. The molecule has 2 aromatic carbocycles. The van der Waals surface area contributed by atoms with Crippen LogP contribution in [0.5, 0.6) is 5.75 Å². The molecule has 0 aliphatic carbocycles. The molecule has 130 valence electrons. The summed E-state index contributed by atoms with van der Waals surface area (Å²) in [6, 6.07) is 16.2. The second kappa shape index (κ2) is 11.1. The zero-order valence-electron chi connectivity index (χ0n) is 14.6. The lowest BCUT2D eigenvalue weighted by molar-refractivity contribution is 0.306. The maximum atomic E-state index is 6.34. The summed E-state index contributed by atoms with van der Waals surface area (Å²) >= 11 is 6.34. The molecule has 0 unspecified atom stereocenters. The quantitative estimate of drug-likeness (QED) is 0.506. The first-order chi connectivity index (χ1) is 11.8. The van der Waals surface area contributed by atoms with Crippen LogP contribution in [-0.2, 0) is 13.2 Å². The van der Waals surface area contributed by atoms with Gasteiger partial charge in [0.1, 0.15) is 12.4 Å². The van der Waals surface area contributed by atoms with Crippen LogP contribution in [0.25, 0.3) is 0 Å². The van der Waals surface area contributed by atoms with Crippen LogP contribution in [-0.4, -0.2) is 6.54 Å². The number of unbranched alkanes of at least 4 members (excludes halogenated alkanes) is 4. The summed E-state index contributed by atoms with van der Waals surface area (Å²) in [7, 11) is 0. The topological polar surface area (TPSA) is 21.3 Å². The van der Waals surface area contributed by atoms with Crippen molar-refractivity contribution in [3.05, 3.63) is 64.7 Å². The minimum Gasteiger partial charge on any atom is -0.487 e. The molecule has 0 aromatic heterocycles. The van der Waals surface area contributed by atoms with Crippen LogP contribution in [0.2, 0.25) is 5.02 Å². The normalized spacial score (nSPS) is 10.8. The highest BCUT2D eigenvalue weighted by molar-refractivity contribution is 6.32. The molecule has 0 saturated carbocycles. The Kier molecular flexibility index (Phi) is 8.72. The predicted molar refractivity (Wildman–Crippen MR) is 103 cm³/mol. The van der Waals surface area contributed by atoms with Crippen molar-refractivity contribution in [1.29, 1.82) is 0 Å². The van der Waals surface area contributed by atoms with Crippen LogP contribution < -0.4 is 10.1 Å². The molecule has 0 radical (unpaired) electrons. The second-order valence-corrected chi connectivity index (χ2v) is 6.54. The average molecular weight is 346 g/mol. The van der Waals surface area contributed by atoms with Gasteiger partial charge < -0.3 is 10.1 Å². The third-order valence-corrected chi connectivity index (χ3v) is 4.32. The molecule has 2 nitrogen and oxygen atoms in total. The highest BCUT2D eigenvalue weighted by Crippen LogP contribution is 2.26. The first-order valence-corrected chi connectivity index (χ1v) is 9.33. The van der Waals surface area contributed by atoms with Gasteiger partial charge in [-0.1, -0.05) is 80.6 Å². The lowest BCUT2D eigenvalue weighted by Crippen LogP contribution is -2.14. The van der Waals surface area contributed by atoms with Crippen molar-refractivity contribution in [1.82, 2.24) is 5.32 Å². The zero-order chi connectivity index (χ0) is 17.0. The van der Waals surface area contributed by atoms with Gasteiger partial charge in [-0.25, -0.2) is 0 Å². The molecule has 0 aliphatic heterocycles. The average Bonchev–Trinajstić information content (AvgIpc) is 2.61. The minimum atomic E-state index is 0.538. The Hall–Kier alpha value is -1.51. The summed E-state index contributed by atoms with van der Waals surface area (Å²) in [5.41, 5.74) is 2.34. The van der Waals surface area contributed by atoms with Crippen LogP contribution in [0.4, 0.5) is 0 Å². The van der Waals surface area contributed by atoms with Gasteiger partial charge in [0.2, 0.25) is 0 Å². The molecule has 0 fully saturated rings. The van der Waals surface area contributed by atoms with Gasteiger partial charge in [0.25, 0.3) is 0 Å². The molecule has 0 amide bonds. The van der Waals surface area contributed by atoms with Gasteiger partial charge in [0.05, 0.1) is 5.02 Å². The zero-order valence-corrected chi connectivity index (χ0v) is 15.3. The molecule has 0 saturated heterocycles. The fourth-order valence-electron chi connectivity index (χ4n) is 2.59. The van der Waals surface area contributed by atoms with E-state index in [4.69, 9.17) is 16.3 Å². The molecule has 3 heteroatoms. The highest BCUT2D eigenvalue weighted by Gasteiger charge is 2.04. The van der Waals surface area contributed by atoms with Gasteiger partial charge in [-0.05, 0) is 36.2 Å². The Labute approximate surface area is 151 Å². The molecule has 0 heterocycles.